The van der Waals surface area contributed by atoms with Crippen LogP contribution in [0.3, 0.4) is 0 Å². The van der Waals surface area contributed by atoms with E-state index in [1.165, 1.54) is 0 Å². The molecule has 0 heterocycles. The lowest BCUT2D eigenvalue weighted by molar-refractivity contribution is 0.959. The molecule has 0 bridgehead atoms. The average Bonchev–Trinajstić information content (AvgIpc) is 2.03. The van der Waals surface area contributed by atoms with E-state index in [-0.39, 0.29) is 6.04 Å². The van der Waals surface area contributed by atoms with E-state index in [0.717, 1.165) is 10.6 Å². The van der Waals surface area contributed by atoms with Crippen molar-refractivity contribution in [1.29, 1.82) is 0 Å². The van der Waals surface area contributed by atoms with Gasteiger partial charge >= 0.3 is 0 Å². The first-order valence-electron chi connectivity index (χ1n) is 3.71. The van der Waals surface area contributed by atoms with Crippen molar-refractivity contribution in [2.75, 3.05) is 0 Å². The quantitative estimate of drug-likeness (QED) is 0.606. The fourth-order valence-corrected chi connectivity index (χ4v) is 0.856. The Bertz CT molecular complexity index is 303. The second-order valence-corrected chi connectivity index (χ2v) is 3.00. The maximum absolute atomic E-state index is 5.70. The summed E-state index contributed by atoms with van der Waals surface area (Å²) < 4.78 is 0. The Morgan fingerprint density at radius 2 is 1.92 bits per heavy atom. The van der Waals surface area contributed by atoms with Crippen molar-refractivity contribution >= 4 is 11.6 Å². The van der Waals surface area contributed by atoms with Gasteiger partial charge in [0.2, 0.25) is 0 Å². The molecule has 1 rings (SSSR count). The minimum Gasteiger partial charge on any atom is -0.318 e. The molecule has 2 N–H and O–H groups in total. The molecule has 0 aliphatic rings. The third-order valence-corrected chi connectivity index (χ3v) is 1.54. The van der Waals surface area contributed by atoms with Crippen molar-refractivity contribution in [3.8, 4) is 11.8 Å². The van der Waals surface area contributed by atoms with Crippen LogP contribution >= 0.6 is 11.6 Å². The maximum atomic E-state index is 5.70. The number of rotatable bonds is 0. The van der Waals surface area contributed by atoms with E-state index in [0.29, 0.717) is 0 Å². The van der Waals surface area contributed by atoms with Crippen LogP contribution in [0, 0.1) is 11.8 Å². The van der Waals surface area contributed by atoms with Gasteiger partial charge in [-0.15, -0.1) is 0 Å². The summed E-state index contributed by atoms with van der Waals surface area (Å²) in [5.74, 6) is 5.80. The molecule has 0 amide bonds. The van der Waals surface area contributed by atoms with Gasteiger partial charge in [-0.25, -0.2) is 0 Å². The van der Waals surface area contributed by atoms with Crippen LogP contribution in [0.2, 0.25) is 5.02 Å². The van der Waals surface area contributed by atoms with Crippen molar-refractivity contribution in [1.82, 2.24) is 0 Å². The van der Waals surface area contributed by atoms with E-state index < -0.39 is 0 Å². The van der Waals surface area contributed by atoms with Gasteiger partial charge < -0.3 is 5.73 Å². The Morgan fingerprint density at radius 1 is 1.33 bits per heavy atom. The molecule has 1 atom stereocenters. The smallest absolute Gasteiger partial charge is 0.0639 e. The van der Waals surface area contributed by atoms with Gasteiger partial charge in [0.05, 0.1) is 6.04 Å². The molecule has 12 heavy (non-hydrogen) atoms. The Hall–Kier alpha value is -0.970. The van der Waals surface area contributed by atoms with Crippen molar-refractivity contribution in [2.24, 2.45) is 5.73 Å². The van der Waals surface area contributed by atoms with Gasteiger partial charge in [0.15, 0.2) is 0 Å². The maximum Gasteiger partial charge on any atom is 0.0639 e. The van der Waals surface area contributed by atoms with Gasteiger partial charge in [0.1, 0.15) is 0 Å². The fourth-order valence-electron chi connectivity index (χ4n) is 0.730. The Labute approximate surface area is 77.5 Å². The first-order valence-corrected chi connectivity index (χ1v) is 4.09. The van der Waals surface area contributed by atoms with Crippen molar-refractivity contribution in [2.45, 2.75) is 13.0 Å². The largest absolute Gasteiger partial charge is 0.318 e. The number of nitrogens with two attached hydrogens (primary N) is 1. The molecule has 1 nitrogen and oxygen atoms in total. The normalized spacial score (nSPS) is 11.6. The van der Waals surface area contributed by atoms with Crippen LogP contribution < -0.4 is 5.73 Å². The first-order chi connectivity index (χ1) is 5.68. The predicted molar refractivity (Wildman–Crippen MR) is 52.0 cm³/mol. The Morgan fingerprint density at radius 3 is 2.42 bits per heavy atom. The number of halogens is 1. The zero-order chi connectivity index (χ0) is 8.97. The molecule has 2 heteroatoms. The zero-order valence-electron chi connectivity index (χ0n) is 6.84. The lowest BCUT2D eigenvalue weighted by Gasteiger charge is -1.91. The second kappa shape index (κ2) is 4.15. The predicted octanol–water partition coefficient (Wildman–Crippen LogP) is 2.04. The summed E-state index contributed by atoms with van der Waals surface area (Å²) in [5.41, 5.74) is 6.41. The van der Waals surface area contributed by atoms with Gasteiger partial charge in [-0.05, 0) is 31.2 Å². The summed E-state index contributed by atoms with van der Waals surface area (Å²) in [5, 5.41) is 0.723. The summed E-state index contributed by atoms with van der Waals surface area (Å²) in [6.07, 6.45) is 0. The molecule has 0 aliphatic carbocycles. The summed E-state index contributed by atoms with van der Waals surface area (Å²) in [6.45, 7) is 1.85. The van der Waals surface area contributed by atoms with E-state index in [1.54, 1.807) is 0 Å². The summed E-state index contributed by atoms with van der Waals surface area (Å²) in [4.78, 5) is 0. The SMILES string of the molecule is C[C@@H](N)C#Cc1ccc(Cl)cc1. The second-order valence-electron chi connectivity index (χ2n) is 2.56. The summed E-state index contributed by atoms with van der Waals surface area (Å²) >= 11 is 5.70. The molecule has 0 unspecified atom stereocenters. The average molecular weight is 180 g/mol. The van der Waals surface area contributed by atoms with E-state index in [4.69, 9.17) is 17.3 Å². The molecule has 1 aromatic rings. The standard InChI is InChI=1S/C10H10ClN/c1-8(12)2-3-9-4-6-10(11)7-5-9/h4-8H,12H2,1H3/t8-/m1/s1. The van der Waals surface area contributed by atoms with Crippen LogP contribution in [0.1, 0.15) is 12.5 Å². The molecule has 0 fully saturated rings. The van der Waals surface area contributed by atoms with Crippen LogP contribution in [0.25, 0.3) is 0 Å². The molecule has 0 spiro atoms. The molecular formula is C10H10ClN. The van der Waals surface area contributed by atoms with E-state index in [2.05, 4.69) is 11.8 Å². The third-order valence-electron chi connectivity index (χ3n) is 1.29. The highest BCUT2D eigenvalue weighted by Crippen LogP contribution is 2.08. The van der Waals surface area contributed by atoms with E-state index in [9.17, 15) is 0 Å². The van der Waals surface area contributed by atoms with Crippen LogP contribution in [0.4, 0.5) is 0 Å². The van der Waals surface area contributed by atoms with Gasteiger partial charge in [0, 0.05) is 10.6 Å². The Kier molecular flexibility index (Phi) is 3.16. The molecule has 62 valence electrons. The molecule has 0 saturated carbocycles. The molecule has 0 saturated heterocycles. The van der Waals surface area contributed by atoms with Gasteiger partial charge in [-0.2, -0.15) is 0 Å². The number of benzene rings is 1. The van der Waals surface area contributed by atoms with Gasteiger partial charge in [-0.1, -0.05) is 23.4 Å². The summed E-state index contributed by atoms with van der Waals surface area (Å²) in [7, 11) is 0. The van der Waals surface area contributed by atoms with Gasteiger partial charge in [0.25, 0.3) is 0 Å². The monoisotopic (exact) mass is 179 g/mol. The van der Waals surface area contributed by atoms with Crippen LogP contribution in [-0.4, -0.2) is 6.04 Å². The van der Waals surface area contributed by atoms with E-state index >= 15 is 0 Å². The fraction of sp³-hybridized carbons (Fsp3) is 0.200. The lowest BCUT2D eigenvalue weighted by Crippen LogP contribution is -2.10. The van der Waals surface area contributed by atoms with Crippen molar-refractivity contribution in [3.05, 3.63) is 34.9 Å². The molecular weight excluding hydrogens is 170 g/mol. The van der Waals surface area contributed by atoms with Gasteiger partial charge in [-0.3, -0.25) is 0 Å². The minimum atomic E-state index is -0.0827. The topological polar surface area (TPSA) is 26.0 Å². The molecule has 0 aromatic heterocycles. The number of hydrogen-bond donors (Lipinski definition) is 1. The van der Waals surface area contributed by atoms with Crippen molar-refractivity contribution < 1.29 is 0 Å². The highest BCUT2D eigenvalue weighted by Gasteiger charge is 1.87. The lowest BCUT2D eigenvalue weighted by atomic mass is 10.2. The van der Waals surface area contributed by atoms with E-state index in [1.807, 2.05) is 31.2 Å². The zero-order valence-corrected chi connectivity index (χ0v) is 7.60. The Balaban J connectivity index is 2.79. The molecule has 1 aromatic carbocycles. The highest BCUT2D eigenvalue weighted by atomic mass is 35.5. The molecule has 0 aliphatic heterocycles. The first kappa shape index (κ1) is 9.12. The van der Waals surface area contributed by atoms with Crippen LogP contribution in [0.5, 0.6) is 0 Å². The highest BCUT2D eigenvalue weighted by molar-refractivity contribution is 6.30. The van der Waals surface area contributed by atoms with Crippen LogP contribution in [-0.2, 0) is 0 Å². The summed E-state index contributed by atoms with van der Waals surface area (Å²) in [6, 6.07) is 7.29. The number of hydrogen-bond acceptors (Lipinski definition) is 1. The third kappa shape index (κ3) is 2.96. The minimum absolute atomic E-state index is 0.0827. The molecule has 0 radical (unpaired) electrons. The van der Waals surface area contributed by atoms with Crippen molar-refractivity contribution in [3.63, 3.8) is 0 Å². The van der Waals surface area contributed by atoms with Crippen LogP contribution in [0.15, 0.2) is 24.3 Å².